The van der Waals surface area contributed by atoms with E-state index < -0.39 is 0 Å². The van der Waals surface area contributed by atoms with Crippen LogP contribution in [0.15, 0.2) is 5.16 Å². The fraction of sp³-hybridized carbons (Fsp3) is 0.923. The molecule has 0 aromatic carbocycles. The van der Waals surface area contributed by atoms with E-state index in [9.17, 15) is 0 Å². The molecule has 0 amide bonds. The van der Waals surface area contributed by atoms with Gasteiger partial charge in [-0.3, -0.25) is 0 Å². The minimum absolute atomic E-state index is 0.246. The molecule has 0 fully saturated rings. The highest BCUT2D eigenvalue weighted by Gasteiger charge is 2.24. The number of nitrogens with zero attached hydrogens (tertiary/aromatic N) is 3. The zero-order chi connectivity index (χ0) is 14.2. The number of hydrogen-bond donors (Lipinski definition) is 2. The molecule has 108 valence electrons. The minimum atomic E-state index is -0.246. The van der Waals surface area contributed by atoms with Crippen LogP contribution in [-0.4, -0.2) is 61.1 Å². The third-order valence-electron chi connectivity index (χ3n) is 3.38. The van der Waals surface area contributed by atoms with E-state index in [0.717, 1.165) is 32.6 Å². The summed E-state index contributed by atoms with van der Waals surface area (Å²) in [6.45, 7) is 10.4. The van der Waals surface area contributed by atoms with Crippen LogP contribution in [0.4, 0.5) is 0 Å². The average Bonchev–Trinajstić information content (AvgIpc) is 2.31. The van der Waals surface area contributed by atoms with E-state index in [2.05, 4.69) is 36.0 Å². The summed E-state index contributed by atoms with van der Waals surface area (Å²) < 4.78 is 0. The zero-order valence-electron chi connectivity index (χ0n) is 12.6. The van der Waals surface area contributed by atoms with Gasteiger partial charge in [0, 0.05) is 5.41 Å². The van der Waals surface area contributed by atoms with Crippen molar-refractivity contribution < 1.29 is 5.21 Å². The monoisotopic (exact) mass is 258 g/mol. The van der Waals surface area contributed by atoms with Crippen LogP contribution in [-0.2, 0) is 0 Å². The second-order valence-corrected chi connectivity index (χ2v) is 5.71. The van der Waals surface area contributed by atoms with Crippen molar-refractivity contribution in [1.29, 1.82) is 0 Å². The molecule has 0 aromatic heterocycles. The lowest BCUT2D eigenvalue weighted by atomic mass is 9.88. The first-order valence-corrected chi connectivity index (χ1v) is 6.68. The van der Waals surface area contributed by atoms with E-state index in [-0.39, 0.29) is 5.41 Å². The fourth-order valence-corrected chi connectivity index (χ4v) is 1.74. The lowest BCUT2D eigenvalue weighted by Crippen LogP contribution is -2.37. The summed E-state index contributed by atoms with van der Waals surface area (Å²) in [5, 5.41) is 11.9. The SMILES string of the molecule is CCN(CCCN(C)C)CCC(C)(C)C(N)=NO. The van der Waals surface area contributed by atoms with Crippen LogP contribution in [0.3, 0.4) is 0 Å². The third kappa shape index (κ3) is 6.81. The Balaban J connectivity index is 4.07. The Morgan fingerprint density at radius 1 is 1.22 bits per heavy atom. The van der Waals surface area contributed by atoms with E-state index in [4.69, 9.17) is 10.9 Å². The van der Waals surface area contributed by atoms with Gasteiger partial charge in [-0.05, 0) is 53.1 Å². The van der Waals surface area contributed by atoms with Crippen molar-refractivity contribution in [2.75, 3.05) is 40.3 Å². The second-order valence-electron chi connectivity index (χ2n) is 5.71. The topological polar surface area (TPSA) is 65.1 Å². The van der Waals surface area contributed by atoms with Gasteiger partial charge in [0.25, 0.3) is 0 Å². The molecule has 0 rings (SSSR count). The zero-order valence-corrected chi connectivity index (χ0v) is 12.6. The minimum Gasteiger partial charge on any atom is -0.409 e. The smallest absolute Gasteiger partial charge is 0.144 e. The largest absolute Gasteiger partial charge is 0.409 e. The van der Waals surface area contributed by atoms with Crippen molar-refractivity contribution in [2.24, 2.45) is 16.3 Å². The standard InChI is InChI=1S/C13H30N4O/c1-6-17(10-7-9-16(4)5)11-8-13(2,3)12(14)15-18/h18H,6-11H2,1-5H3,(H2,14,15). The quantitative estimate of drug-likeness (QED) is 0.284. The molecule has 0 bridgehead atoms. The molecule has 0 spiro atoms. The van der Waals surface area contributed by atoms with Crippen LogP contribution in [0.2, 0.25) is 0 Å². The molecule has 0 aliphatic carbocycles. The molecule has 0 saturated heterocycles. The van der Waals surface area contributed by atoms with Crippen LogP contribution in [0, 0.1) is 5.41 Å². The Labute approximate surface area is 112 Å². The second kappa shape index (κ2) is 8.32. The molecule has 0 saturated carbocycles. The lowest BCUT2D eigenvalue weighted by molar-refractivity contribution is 0.238. The molecular formula is C13H30N4O. The van der Waals surface area contributed by atoms with Gasteiger partial charge < -0.3 is 20.7 Å². The maximum atomic E-state index is 8.74. The molecule has 5 nitrogen and oxygen atoms in total. The van der Waals surface area contributed by atoms with Crippen LogP contribution in [0.25, 0.3) is 0 Å². The normalized spacial score (nSPS) is 13.6. The fourth-order valence-electron chi connectivity index (χ4n) is 1.74. The maximum Gasteiger partial charge on any atom is 0.144 e. The molecular weight excluding hydrogens is 228 g/mol. The average molecular weight is 258 g/mol. The summed E-state index contributed by atoms with van der Waals surface area (Å²) in [4.78, 5) is 4.62. The van der Waals surface area contributed by atoms with Gasteiger partial charge in [-0.1, -0.05) is 25.9 Å². The molecule has 0 aromatic rings. The van der Waals surface area contributed by atoms with E-state index >= 15 is 0 Å². The maximum absolute atomic E-state index is 8.74. The van der Waals surface area contributed by atoms with E-state index in [1.165, 1.54) is 6.42 Å². The third-order valence-corrected chi connectivity index (χ3v) is 3.38. The van der Waals surface area contributed by atoms with Crippen molar-refractivity contribution in [3.05, 3.63) is 0 Å². The summed E-state index contributed by atoms with van der Waals surface area (Å²) in [7, 11) is 4.19. The molecule has 3 N–H and O–H groups in total. The molecule has 0 unspecified atom stereocenters. The number of rotatable bonds is 9. The van der Waals surface area contributed by atoms with E-state index in [1.54, 1.807) is 0 Å². The summed E-state index contributed by atoms with van der Waals surface area (Å²) in [5.41, 5.74) is 5.45. The Kier molecular flexibility index (Phi) is 7.95. The Bertz CT molecular complexity index is 251. The van der Waals surface area contributed by atoms with Crippen LogP contribution >= 0.6 is 0 Å². The molecule has 0 radical (unpaired) electrons. The summed E-state index contributed by atoms with van der Waals surface area (Å²) in [5.74, 6) is 0.312. The van der Waals surface area contributed by atoms with Crippen LogP contribution in [0.5, 0.6) is 0 Å². The van der Waals surface area contributed by atoms with Crippen molar-refractivity contribution >= 4 is 5.84 Å². The molecule has 0 atom stereocenters. The highest BCUT2D eigenvalue weighted by atomic mass is 16.4. The van der Waals surface area contributed by atoms with E-state index in [0.29, 0.717) is 5.84 Å². The van der Waals surface area contributed by atoms with Gasteiger partial charge in [-0.15, -0.1) is 0 Å². The number of hydrogen-bond acceptors (Lipinski definition) is 4. The number of amidine groups is 1. The first kappa shape index (κ1) is 17.2. The van der Waals surface area contributed by atoms with Gasteiger partial charge in [-0.25, -0.2) is 0 Å². The van der Waals surface area contributed by atoms with Crippen molar-refractivity contribution in [3.63, 3.8) is 0 Å². The first-order chi connectivity index (χ1) is 8.33. The van der Waals surface area contributed by atoms with Gasteiger partial charge in [0.2, 0.25) is 0 Å². The first-order valence-electron chi connectivity index (χ1n) is 6.68. The van der Waals surface area contributed by atoms with Gasteiger partial charge in [0.1, 0.15) is 5.84 Å². The molecule has 5 heteroatoms. The van der Waals surface area contributed by atoms with Crippen molar-refractivity contribution in [3.8, 4) is 0 Å². The Hall–Kier alpha value is -0.810. The van der Waals surface area contributed by atoms with Gasteiger partial charge in [0.05, 0.1) is 0 Å². The van der Waals surface area contributed by atoms with E-state index in [1.807, 2.05) is 13.8 Å². The van der Waals surface area contributed by atoms with Crippen molar-refractivity contribution in [1.82, 2.24) is 9.80 Å². The molecule has 0 aliphatic heterocycles. The lowest BCUT2D eigenvalue weighted by Gasteiger charge is -2.28. The predicted molar refractivity (Wildman–Crippen MR) is 77.1 cm³/mol. The van der Waals surface area contributed by atoms with Crippen LogP contribution in [0.1, 0.15) is 33.6 Å². The predicted octanol–water partition coefficient (Wildman–Crippen LogP) is 1.42. The van der Waals surface area contributed by atoms with Gasteiger partial charge in [0.15, 0.2) is 0 Å². The highest BCUT2D eigenvalue weighted by Crippen LogP contribution is 2.20. The summed E-state index contributed by atoms with van der Waals surface area (Å²) in [6, 6.07) is 0. The summed E-state index contributed by atoms with van der Waals surface area (Å²) >= 11 is 0. The Morgan fingerprint density at radius 3 is 2.28 bits per heavy atom. The van der Waals surface area contributed by atoms with Gasteiger partial charge in [-0.2, -0.15) is 0 Å². The Morgan fingerprint density at radius 2 is 1.83 bits per heavy atom. The number of oxime groups is 1. The van der Waals surface area contributed by atoms with Crippen LogP contribution < -0.4 is 5.73 Å². The number of nitrogens with two attached hydrogens (primary N) is 1. The highest BCUT2D eigenvalue weighted by molar-refractivity contribution is 5.85. The molecule has 18 heavy (non-hydrogen) atoms. The molecule has 0 heterocycles. The van der Waals surface area contributed by atoms with Crippen molar-refractivity contribution in [2.45, 2.75) is 33.6 Å². The summed E-state index contributed by atoms with van der Waals surface area (Å²) in [6.07, 6.45) is 2.07. The molecule has 0 aliphatic rings. The van der Waals surface area contributed by atoms with Gasteiger partial charge >= 0.3 is 0 Å².